The van der Waals surface area contributed by atoms with Crippen molar-refractivity contribution >= 4 is 53.3 Å². The Morgan fingerprint density at radius 3 is 1.44 bits per heavy atom. The molecule has 0 aromatic heterocycles. The molecule has 5 aromatic carbocycles. The Bertz CT molecular complexity index is 1350. The quantitative estimate of drug-likeness (QED) is 0.192. The lowest BCUT2D eigenvalue weighted by molar-refractivity contribution is 1.72. The van der Waals surface area contributed by atoms with Gasteiger partial charge >= 0.3 is 0 Å². The normalized spacial score (nSPS) is 11.1. The van der Waals surface area contributed by atoms with E-state index in [1.54, 1.807) is 0 Å². The standard InChI is InChI=1S/C24H13Si/c25-8-7-16-5-6-19-12-23-14-21-10-17-3-1-2-4-18(17)11-22(21)15-24(23)13-20(19)9-16/h1-6,9-15H. The van der Waals surface area contributed by atoms with E-state index < -0.39 is 0 Å². The van der Waals surface area contributed by atoms with Gasteiger partial charge in [-0.3, -0.25) is 0 Å². The highest BCUT2D eigenvalue weighted by atomic mass is 28.1. The molecule has 5 aromatic rings. The lowest BCUT2D eigenvalue weighted by atomic mass is 9.97. The molecule has 113 valence electrons. The van der Waals surface area contributed by atoms with Gasteiger partial charge in [-0.15, -0.1) is 5.54 Å². The van der Waals surface area contributed by atoms with E-state index in [4.69, 9.17) is 0 Å². The lowest BCUT2D eigenvalue weighted by Crippen LogP contribution is -1.82. The third-order valence-electron chi connectivity index (χ3n) is 4.82. The van der Waals surface area contributed by atoms with Crippen molar-refractivity contribution in [1.29, 1.82) is 0 Å². The Balaban J connectivity index is 1.83. The zero-order chi connectivity index (χ0) is 16.8. The average Bonchev–Trinajstić information content (AvgIpc) is 2.63. The predicted molar refractivity (Wildman–Crippen MR) is 109 cm³/mol. The molecule has 0 unspecified atom stereocenters. The molecule has 0 nitrogen and oxygen atoms in total. The highest BCUT2D eigenvalue weighted by molar-refractivity contribution is 6.22. The fourth-order valence-electron chi connectivity index (χ4n) is 3.59. The summed E-state index contributed by atoms with van der Waals surface area (Å²) in [6.07, 6.45) is 0. The van der Waals surface area contributed by atoms with Crippen molar-refractivity contribution < 1.29 is 0 Å². The highest BCUT2D eigenvalue weighted by Gasteiger charge is 2.03. The molecule has 0 amide bonds. The second-order valence-corrected chi connectivity index (χ2v) is 6.66. The maximum absolute atomic E-state index is 3.22. The van der Waals surface area contributed by atoms with Gasteiger partial charge in [-0.2, -0.15) is 0 Å². The molecule has 0 saturated heterocycles. The topological polar surface area (TPSA) is 0 Å². The van der Waals surface area contributed by atoms with Crippen LogP contribution in [0.5, 0.6) is 0 Å². The van der Waals surface area contributed by atoms with E-state index >= 15 is 0 Å². The van der Waals surface area contributed by atoms with E-state index in [1.807, 2.05) is 0 Å². The van der Waals surface area contributed by atoms with Crippen LogP contribution in [0.15, 0.2) is 78.9 Å². The molecule has 0 N–H and O–H groups in total. The molecule has 5 rings (SSSR count). The van der Waals surface area contributed by atoms with Gasteiger partial charge < -0.3 is 0 Å². The molecule has 0 aliphatic rings. The summed E-state index contributed by atoms with van der Waals surface area (Å²) < 4.78 is 0. The van der Waals surface area contributed by atoms with Gasteiger partial charge in [-0.1, -0.05) is 36.3 Å². The number of benzene rings is 5. The first-order chi connectivity index (χ1) is 12.3. The maximum Gasteiger partial charge on any atom is 0.147 e. The monoisotopic (exact) mass is 329 g/mol. The Morgan fingerprint density at radius 2 is 0.920 bits per heavy atom. The highest BCUT2D eigenvalue weighted by Crippen LogP contribution is 2.30. The third-order valence-corrected chi connectivity index (χ3v) is 4.95. The van der Waals surface area contributed by atoms with Crippen molar-refractivity contribution in [2.75, 3.05) is 0 Å². The molecular weight excluding hydrogens is 316 g/mol. The van der Waals surface area contributed by atoms with E-state index in [0.29, 0.717) is 0 Å². The summed E-state index contributed by atoms with van der Waals surface area (Å²) in [6.45, 7) is 0. The van der Waals surface area contributed by atoms with Crippen LogP contribution in [0.4, 0.5) is 0 Å². The minimum absolute atomic E-state index is 1.02. The number of fused-ring (bicyclic) bond motifs is 4. The van der Waals surface area contributed by atoms with Crippen molar-refractivity contribution in [2.24, 2.45) is 0 Å². The molecule has 0 fully saturated rings. The molecule has 0 aliphatic heterocycles. The smallest absolute Gasteiger partial charge is 0.133 e. The number of rotatable bonds is 0. The Hall–Kier alpha value is -3.08. The van der Waals surface area contributed by atoms with Crippen molar-refractivity contribution in [3.8, 4) is 11.5 Å². The van der Waals surface area contributed by atoms with Crippen LogP contribution in [0.2, 0.25) is 0 Å². The van der Waals surface area contributed by atoms with E-state index in [2.05, 4.69) is 101 Å². The summed E-state index contributed by atoms with van der Waals surface area (Å²) in [7, 11) is 3.22. The Labute approximate surface area is 149 Å². The van der Waals surface area contributed by atoms with Crippen LogP contribution < -0.4 is 0 Å². The van der Waals surface area contributed by atoms with Gasteiger partial charge in [0.05, 0.1) is 0 Å². The van der Waals surface area contributed by atoms with E-state index in [1.165, 1.54) is 43.1 Å². The van der Waals surface area contributed by atoms with Gasteiger partial charge in [0.2, 0.25) is 0 Å². The fraction of sp³-hybridized carbons (Fsp3) is 0. The molecule has 0 aliphatic carbocycles. The summed E-state index contributed by atoms with van der Waals surface area (Å²) in [5, 5.41) is 10.1. The predicted octanol–water partition coefficient (Wildman–Crippen LogP) is 5.78. The van der Waals surface area contributed by atoms with Crippen LogP contribution in [0.3, 0.4) is 0 Å². The SMILES string of the molecule is [Si]C#Cc1ccc2cc3cc4cc5ccccc5cc4cc3cc2c1. The Kier molecular flexibility index (Phi) is 3.13. The van der Waals surface area contributed by atoms with Crippen LogP contribution in [0.1, 0.15) is 5.56 Å². The van der Waals surface area contributed by atoms with Crippen molar-refractivity contribution in [1.82, 2.24) is 0 Å². The van der Waals surface area contributed by atoms with E-state index in [-0.39, 0.29) is 0 Å². The first-order valence-electron chi connectivity index (χ1n) is 8.28. The van der Waals surface area contributed by atoms with E-state index in [9.17, 15) is 0 Å². The van der Waals surface area contributed by atoms with E-state index in [0.717, 1.165) is 5.56 Å². The molecule has 0 spiro atoms. The average molecular weight is 329 g/mol. The largest absolute Gasteiger partial charge is 0.147 e. The molecule has 25 heavy (non-hydrogen) atoms. The third kappa shape index (κ3) is 2.39. The van der Waals surface area contributed by atoms with Gasteiger partial charge in [0, 0.05) is 5.56 Å². The van der Waals surface area contributed by atoms with Crippen LogP contribution in [0.25, 0.3) is 43.1 Å². The second-order valence-electron chi connectivity index (χ2n) is 6.41. The van der Waals surface area contributed by atoms with Crippen molar-refractivity contribution in [3.05, 3.63) is 84.4 Å². The van der Waals surface area contributed by atoms with Gasteiger partial charge in [0.15, 0.2) is 0 Å². The molecular formula is C24H13Si. The first-order valence-corrected chi connectivity index (χ1v) is 8.78. The number of hydrogen-bond donors (Lipinski definition) is 0. The molecule has 0 saturated carbocycles. The zero-order valence-corrected chi connectivity index (χ0v) is 14.5. The zero-order valence-electron chi connectivity index (χ0n) is 13.5. The summed E-state index contributed by atoms with van der Waals surface area (Å²) >= 11 is 0. The van der Waals surface area contributed by atoms with Crippen LogP contribution >= 0.6 is 0 Å². The molecule has 3 radical (unpaired) electrons. The number of hydrogen-bond acceptors (Lipinski definition) is 0. The summed E-state index contributed by atoms with van der Waals surface area (Å²) in [4.78, 5) is 0. The molecule has 0 atom stereocenters. The molecule has 0 bridgehead atoms. The van der Waals surface area contributed by atoms with Crippen molar-refractivity contribution in [2.45, 2.75) is 0 Å². The van der Waals surface area contributed by atoms with Gasteiger partial charge in [-0.05, 0) is 91.6 Å². The van der Waals surface area contributed by atoms with Crippen molar-refractivity contribution in [3.63, 3.8) is 0 Å². The molecule has 1 heteroatoms. The van der Waals surface area contributed by atoms with Gasteiger partial charge in [-0.25, -0.2) is 0 Å². The van der Waals surface area contributed by atoms with Crippen LogP contribution in [0, 0.1) is 11.5 Å². The summed E-state index contributed by atoms with van der Waals surface area (Å²) in [5.41, 5.74) is 3.80. The first kappa shape index (κ1) is 14.3. The summed E-state index contributed by atoms with van der Waals surface area (Å²) in [6, 6.07) is 28.6. The Morgan fingerprint density at radius 1 is 0.480 bits per heavy atom. The maximum atomic E-state index is 3.22. The fourth-order valence-corrected chi connectivity index (χ4v) is 3.74. The minimum atomic E-state index is 1.02. The van der Waals surface area contributed by atoms with Crippen LogP contribution in [-0.2, 0) is 0 Å². The summed E-state index contributed by atoms with van der Waals surface area (Å²) in [5.74, 6) is 3.06. The lowest BCUT2D eigenvalue weighted by Gasteiger charge is -2.07. The van der Waals surface area contributed by atoms with Gasteiger partial charge in [0.25, 0.3) is 0 Å². The minimum Gasteiger partial charge on any atom is -0.133 e. The van der Waals surface area contributed by atoms with Crippen LogP contribution in [-0.4, -0.2) is 10.2 Å². The second kappa shape index (κ2) is 5.48. The van der Waals surface area contributed by atoms with Gasteiger partial charge in [0.1, 0.15) is 10.2 Å². The molecule has 0 heterocycles.